The number of aryl methyl sites for hydroxylation is 1. The van der Waals surface area contributed by atoms with Crippen LogP contribution in [-0.4, -0.2) is 47.8 Å². The van der Waals surface area contributed by atoms with E-state index in [1.54, 1.807) is 24.3 Å². The molecule has 232 valence electrons. The highest BCUT2D eigenvalue weighted by atomic mass is 32.2. The van der Waals surface area contributed by atoms with E-state index in [1.807, 2.05) is 69.3 Å². The molecular formula is C36H48N2O4S. The largest absolute Gasteiger partial charge is 0.493 e. The van der Waals surface area contributed by atoms with Gasteiger partial charge < -0.3 is 19.3 Å². The molecule has 0 saturated carbocycles. The maximum Gasteiger partial charge on any atom is 0.189 e. The van der Waals surface area contributed by atoms with Crippen molar-refractivity contribution in [2.75, 3.05) is 49.2 Å². The molecule has 0 aliphatic carbocycles. The lowest BCUT2D eigenvalue weighted by Crippen LogP contribution is -2.22. The minimum absolute atomic E-state index is 0.276. The van der Waals surface area contributed by atoms with Crippen LogP contribution < -0.4 is 19.3 Å². The lowest BCUT2D eigenvalue weighted by atomic mass is 10.1. The molecule has 7 heteroatoms. The first kappa shape index (κ1) is 33.8. The summed E-state index contributed by atoms with van der Waals surface area (Å²) >= 11 is 0. The van der Waals surface area contributed by atoms with Gasteiger partial charge in [0.1, 0.15) is 16.7 Å². The summed E-state index contributed by atoms with van der Waals surface area (Å²) < 4.78 is 40.3. The van der Waals surface area contributed by atoms with E-state index in [-0.39, 0.29) is 4.90 Å². The molecule has 0 fully saturated rings. The molecule has 3 aromatic rings. The Balaban J connectivity index is 2.07. The Morgan fingerprint density at radius 2 is 1.23 bits per heavy atom. The number of allylic oxidation sites excluding steroid dienone is 2. The number of hydrogen-bond acceptors (Lipinski definition) is 6. The lowest BCUT2D eigenvalue weighted by Gasteiger charge is -2.24. The molecule has 1 atom stereocenters. The number of anilines is 2. The minimum atomic E-state index is -3.78. The average molecular weight is 605 g/mol. The van der Waals surface area contributed by atoms with Gasteiger partial charge in [-0.05, 0) is 78.8 Å². The van der Waals surface area contributed by atoms with Gasteiger partial charge in [-0.3, -0.25) is 0 Å². The fourth-order valence-electron chi connectivity index (χ4n) is 5.12. The molecule has 0 heterocycles. The molecule has 3 rings (SSSR count). The zero-order valence-electron chi connectivity index (χ0n) is 26.8. The molecule has 0 N–H and O–H groups in total. The van der Waals surface area contributed by atoms with E-state index in [1.165, 1.54) is 0 Å². The first-order valence-electron chi connectivity index (χ1n) is 15.4. The molecule has 1 unspecified atom stereocenters. The van der Waals surface area contributed by atoms with Crippen LogP contribution in [0.3, 0.4) is 0 Å². The van der Waals surface area contributed by atoms with Crippen LogP contribution in [0.5, 0.6) is 11.5 Å². The number of nitrogens with zero attached hydrogens (tertiary/aromatic N) is 2. The molecule has 6 nitrogen and oxygen atoms in total. The van der Waals surface area contributed by atoms with Crippen LogP contribution in [0.1, 0.15) is 63.5 Å². The molecule has 0 bridgehead atoms. The van der Waals surface area contributed by atoms with Gasteiger partial charge in [0.15, 0.2) is 9.84 Å². The van der Waals surface area contributed by atoms with Gasteiger partial charge in [-0.2, -0.15) is 0 Å². The quantitative estimate of drug-likeness (QED) is 0.153. The van der Waals surface area contributed by atoms with Crippen molar-refractivity contribution in [3.63, 3.8) is 0 Å². The Hall–Kier alpha value is -3.71. The van der Waals surface area contributed by atoms with Gasteiger partial charge >= 0.3 is 0 Å². The van der Waals surface area contributed by atoms with Crippen molar-refractivity contribution in [3.05, 3.63) is 95.6 Å². The topological polar surface area (TPSA) is 59.1 Å². The predicted molar refractivity (Wildman–Crippen MR) is 182 cm³/mol. The maximum atomic E-state index is 14.1. The molecule has 0 aromatic heterocycles. The zero-order valence-corrected chi connectivity index (χ0v) is 27.7. The van der Waals surface area contributed by atoms with Crippen molar-refractivity contribution in [3.8, 4) is 11.5 Å². The standard InChI is InChI=1S/C36H48N2O4S/c1-8-37(9-2)30-21-20-29(34(26-30)41-12-5)16-14-15-17-36(43(39,40)32-23-18-28(7)19-24-32)33-25-22-31(38(10-3)11-4)27-35(33)42-13-6/h14-27,36H,8-13H2,1-7H3. The van der Waals surface area contributed by atoms with Crippen molar-refractivity contribution in [1.82, 2.24) is 0 Å². The SMILES string of the molecule is CCOc1cc(N(CC)CC)ccc1C=CC=CC(c1ccc(N(CC)CC)cc1OCC)S(=O)(=O)c1ccc(C)cc1. The van der Waals surface area contributed by atoms with E-state index in [0.717, 1.165) is 54.4 Å². The monoisotopic (exact) mass is 604 g/mol. The fourth-order valence-corrected chi connectivity index (χ4v) is 6.76. The molecule has 0 spiro atoms. The number of ether oxygens (including phenoxy) is 2. The number of hydrogen-bond donors (Lipinski definition) is 0. The van der Waals surface area contributed by atoms with Crippen LogP contribution in [0, 0.1) is 6.92 Å². The third kappa shape index (κ3) is 8.44. The Kier molecular flexibility index (Phi) is 12.7. The Bertz CT molecular complexity index is 1470. The van der Waals surface area contributed by atoms with Crippen LogP contribution in [0.25, 0.3) is 6.08 Å². The second kappa shape index (κ2) is 16.2. The van der Waals surface area contributed by atoms with Gasteiger partial charge in [-0.15, -0.1) is 0 Å². The van der Waals surface area contributed by atoms with Crippen LogP contribution >= 0.6 is 0 Å². The smallest absolute Gasteiger partial charge is 0.189 e. The molecule has 43 heavy (non-hydrogen) atoms. The molecule has 0 saturated heterocycles. The summed E-state index contributed by atoms with van der Waals surface area (Å²) in [6.45, 7) is 18.8. The first-order valence-corrected chi connectivity index (χ1v) is 17.0. The third-order valence-corrected chi connectivity index (χ3v) is 9.52. The normalized spacial score (nSPS) is 12.5. The molecular weight excluding hydrogens is 556 g/mol. The summed E-state index contributed by atoms with van der Waals surface area (Å²) in [5.41, 5.74) is 4.66. The van der Waals surface area contributed by atoms with Gasteiger partial charge in [-0.25, -0.2) is 8.42 Å². The lowest BCUT2D eigenvalue weighted by molar-refractivity contribution is 0.337. The van der Waals surface area contributed by atoms with Crippen molar-refractivity contribution in [2.24, 2.45) is 0 Å². The number of benzene rings is 3. The Labute approximate surface area is 259 Å². The molecule has 0 radical (unpaired) electrons. The van der Waals surface area contributed by atoms with Crippen LogP contribution in [0.4, 0.5) is 11.4 Å². The minimum Gasteiger partial charge on any atom is -0.493 e. The van der Waals surface area contributed by atoms with Crippen LogP contribution in [0.15, 0.2) is 83.8 Å². The Morgan fingerprint density at radius 3 is 1.79 bits per heavy atom. The van der Waals surface area contributed by atoms with E-state index in [0.29, 0.717) is 24.5 Å². The second-order valence-corrected chi connectivity index (χ2v) is 12.2. The van der Waals surface area contributed by atoms with Crippen LogP contribution in [-0.2, 0) is 9.84 Å². The molecule has 3 aromatic carbocycles. The zero-order chi connectivity index (χ0) is 31.4. The summed E-state index contributed by atoms with van der Waals surface area (Å²) in [4.78, 5) is 4.77. The maximum absolute atomic E-state index is 14.1. The van der Waals surface area contributed by atoms with Gasteiger partial charge in [0.2, 0.25) is 0 Å². The molecule has 0 amide bonds. The fraction of sp³-hybridized carbons (Fsp3) is 0.389. The summed E-state index contributed by atoms with van der Waals surface area (Å²) in [6.07, 6.45) is 7.37. The van der Waals surface area contributed by atoms with Gasteiger partial charge in [0.25, 0.3) is 0 Å². The molecule has 0 aliphatic rings. The van der Waals surface area contributed by atoms with Crippen molar-refractivity contribution in [1.29, 1.82) is 0 Å². The van der Waals surface area contributed by atoms with Gasteiger partial charge in [0, 0.05) is 60.8 Å². The summed E-state index contributed by atoms with van der Waals surface area (Å²) in [6, 6.07) is 19.1. The van der Waals surface area contributed by atoms with Crippen molar-refractivity contribution < 1.29 is 17.9 Å². The van der Waals surface area contributed by atoms with E-state index in [4.69, 9.17) is 9.47 Å². The van der Waals surface area contributed by atoms with E-state index in [2.05, 4.69) is 49.6 Å². The molecule has 0 aliphatic heterocycles. The second-order valence-electron chi connectivity index (χ2n) is 10.2. The predicted octanol–water partition coefficient (Wildman–Crippen LogP) is 8.27. The van der Waals surface area contributed by atoms with E-state index in [9.17, 15) is 8.42 Å². The Morgan fingerprint density at radius 1 is 0.698 bits per heavy atom. The third-order valence-electron chi connectivity index (χ3n) is 7.51. The highest BCUT2D eigenvalue weighted by Crippen LogP contribution is 2.38. The van der Waals surface area contributed by atoms with Crippen LogP contribution in [0.2, 0.25) is 0 Å². The van der Waals surface area contributed by atoms with Crippen molar-refractivity contribution >= 4 is 27.3 Å². The number of rotatable bonds is 16. The highest BCUT2D eigenvalue weighted by Gasteiger charge is 2.30. The van der Waals surface area contributed by atoms with Gasteiger partial charge in [-0.1, -0.05) is 48.1 Å². The summed E-state index contributed by atoms with van der Waals surface area (Å²) in [5, 5.41) is -0.941. The van der Waals surface area contributed by atoms with Gasteiger partial charge in [0.05, 0.1) is 18.1 Å². The summed E-state index contributed by atoms with van der Waals surface area (Å²) in [7, 11) is -3.78. The average Bonchev–Trinajstić information content (AvgIpc) is 3.00. The highest BCUT2D eigenvalue weighted by molar-refractivity contribution is 7.91. The summed E-state index contributed by atoms with van der Waals surface area (Å²) in [5.74, 6) is 1.37. The first-order chi connectivity index (χ1) is 20.7. The number of sulfone groups is 1. The van der Waals surface area contributed by atoms with E-state index >= 15 is 0 Å². The van der Waals surface area contributed by atoms with E-state index < -0.39 is 15.1 Å². The van der Waals surface area contributed by atoms with Crippen molar-refractivity contribution in [2.45, 2.75) is 58.6 Å².